The van der Waals surface area contributed by atoms with E-state index in [-0.39, 0.29) is 29.9 Å². The summed E-state index contributed by atoms with van der Waals surface area (Å²) in [5, 5.41) is 6.52. The van der Waals surface area contributed by atoms with Gasteiger partial charge in [-0.05, 0) is 32.8 Å². The number of nitrogens with two attached hydrogens (primary N) is 1. The number of hydrogen-bond donors (Lipinski definition) is 3. The van der Waals surface area contributed by atoms with Crippen molar-refractivity contribution in [2.45, 2.75) is 47.1 Å². The third-order valence-corrected chi connectivity index (χ3v) is 3.73. The number of primary amides is 1. The average molecular weight is 446 g/mol. The Bertz CT molecular complexity index is 526. The van der Waals surface area contributed by atoms with Gasteiger partial charge in [-0.25, -0.2) is 4.99 Å². The highest BCUT2D eigenvalue weighted by Crippen LogP contribution is 2.11. The fourth-order valence-corrected chi connectivity index (χ4v) is 1.81. The van der Waals surface area contributed by atoms with E-state index in [9.17, 15) is 4.79 Å². The molecule has 0 radical (unpaired) electrons. The minimum atomic E-state index is -0.614. The monoisotopic (exact) mass is 446 g/mol. The van der Waals surface area contributed by atoms with Crippen LogP contribution in [0.5, 0.6) is 0 Å². The summed E-state index contributed by atoms with van der Waals surface area (Å²) < 4.78 is 0. The molecule has 0 heterocycles. The highest BCUT2D eigenvalue weighted by atomic mass is 127. The third-order valence-electron chi connectivity index (χ3n) is 3.73. The first-order valence-electron chi connectivity index (χ1n) is 8.23. The summed E-state index contributed by atoms with van der Waals surface area (Å²) in [7, 11) is 0. The largest absolute Gasteiger partial charge is 0.369 e. The molecule has 0 atom stereocenters. The van der Waals surface area contributed by atoms with Crippen LogP contribution in [-0.4, -0.2) is 25.0 Å². The SMILES string of the molecule is CCCCNC(=NCc1ccc(C)cc1)NCC(C)(C)C(N)=O.I. The van der Waals surface area contributed by atoms with Gasteiger partial charge in [0.1, 0.15) is 0 Å². The van der Waals surface area contributed by atoms with Crippen molar-refractivity contribution in [2.24, 2.45) is 16.1 Å². The molecule has 4 N–H and O–H groups in total. The Morgan fingerprint density at radius 1 is 1.21 bits per heavy atom. The van der Waals surface area contributed by atoms with Gasteiger partial charge in [-0.15, -0.1) is 24.0 Å². The highest BCUT2D eigenvalue weighted by molar-refractivity contribution is 14.0. The van der Waals surface area contributed by atoms with Crippen molar-refractivity contribution in [3.8, 4) is 0 Å². The fourth-order valence-electron chi connectivity index (χ4n) is 1.81. The average Bonchev–Trinajstić information content (AvgIpc) is 2.51. The number of hydrogen-bond acceptors (Lipinski definition) is 2. The van der Waals surface area contributed by atoms with Crippen LogP contribution < -0.4 is 16.4 Å². The van der Waals surface area contributed by atoms with Crippen LogP contribution in [0.3, 0.4) is 0 Å². The van der Waals surface area contributed by atoms with Crippen LogP contribution in [0.4, 0.5) is 0 Å². The van der Waals surface area contributed by atoms with Crippen molar-refractivity contribution in [1.29, 1.82) is 0 Å². The first-order valence-corrected chi connectivity index (χ1v) is 8.23. The molecule has 136 valence electrons. The zero-order valence-electron chi connectivity index (χ0n) is 15.2. The standard InChI is InChI=1S/C18H30N4O.HI/c1-5-6-11-20-17(22-13-18(3,4)16(19)23)21-12-15-9-7-14(2)8-10-15;/h7-10H,5-6,11-13H2,1-4H3,(H2,19,23)(H2,20,21,22);1H. The van der Waals surface area contributed by atoms with Crippen LogP contribution in [0.2, 0.25) is 0 Å². The molecule has 0 unspecified atom stereocenters. The lowest BCUT2D eigenvalue weighted by atomic mass is 9.93. The number of carbonyl (C=O) groups excluding carboxylic acids is 1. The molecule has 0 bridgehead atoms. The summed E-state index contributed by atoms with van der Waals surface area (Å²) in [4.78, 5) is 16.0. The van der Waals surface area contributed by atoms with Gasteiger partial charge in [0, 0.05) is 13.1 Å². The molecule has 1 aromatic rings. The number of nitrogens with one attached hydrogen (secondary N) is 2. The number of amides is 1. The normalized spacial score (nSPS) is 11.6. The number of carbonyl (C=O) groups is 1. The van der Waals surface area contributed by atoms with Crippen LogP contribution in [0.25, 0.3) is 0 Å². The van der Waals surface area contributed by atoms with E-state index in [4.69, 9.17) is 5.73 Å². The molecule has 0 saturated carbocycles. The second-order valence-electron chi connectivity index (χ2n) is 6.53. The summed E-state index contributed by atoms with van der Waals surface area (Å²) in [6, 6.07) is 8.32. The van der Waals surface area contributed by atoms with Gasteiger partial charge < -0.3 is 16.4 Å². The van der Waals surface area contributed by atoms with Crippen molar-refractivity contribution < 1.29 is 4.79 Å². The minimum Gasteiger partial charge on any atom is -0.369 e. The second kappa shape index (κ2) is 11.3. The molecule has 1 rings (SSSR count). The molecular formula is C18H31IN4O. The Labute approximate surface area is 162 Å². The summed E-state index contributed by atoms with van der Waals surface area (Å²) in [5.74, 6) is 0.393. The zero-order chi connectivity index (χ0) is 17.3. The quantitative estimate of drug-likeness (QED) is 0.249. The minimum absolute atomic E-state index is 0. The number of guanidine groups is 1. The van der Waals surface area contributed by atoms with Gasteiger partial charge in [0.05, 0.1) is 12.0 Å². The maximum atomic E-state index is 11.4. The number of unbranched alkanes of at least 4 members (excludes halogenated alkanes) is 1. The molecule has 24 heavy (non-hydrogen) atoms. The summed E-state index contributed by atoms with van der Waals surface area (Å²) in [5.41, 5.74) is 7.19. The third kappa shape index (κ3) is 8.52. The van der Waals surface area contributed by atoms with Gasteiger partial charge in [-0.1, -0.05) is 43.2 Å². The van der Waals surface area contributed by atoms with Crippen LogP contribution in [0.15, 0.2) is 29.3 Å². The first kappa shape index (κ1) is 22.7. The molecule has 0 saturated heterocycles. The maximum absolute atomic E-state index is 11.4. The van der Waals surface area contributed by atoms with E-state index in [0.717, 1.165) is 24.9 Å². The van der Waals surface area contributed by atoms with E-state index < -0.39 is 5.41 Å². The van der Waals surface area contributed by atoms with Crippen molar-refractivity contribution in [1.82, 2.24) is 10.6 Å². The molecule has 6 heteroatoms. The van der Waals surface area contributed by atoms with Crippen LogP contribution in [-0.2, 0) is 11.3 Å². The smallest absolute Gasteiger partial charge is 0.224 e. The molecule has 0 fully saturated rings. The van der Waals surface area contributed by atoms with Crippen molar-refractivity contribution in [2.75, 3.05) is 13.1 Å². The van der Waals surface area contributed by atoms with Crippen molar-refractivity contribution in [3.63, 3.8) is 0 Å². The number of aliphatic imine (C=N–C) groups is 1. The second-order valence-corrected chi connectivity index (χ2v) is 6.53. The lowest BCUT2D eigenvalue weighted by Gasteiger charge is -2.22. The van der Waals surface area contributed by atoms with E-state index in [0.29, 0.717) is 19.0 Å². The van der Waals surface area contributed by atoms with Crippen molar-refractivity contribution >= 4 is 35.8 Å². The first-order chi connectivity index (χ1) is 10.8. The summed E-state index contributed by atoms with van der Waals surface area (Å²) in [6.45, 7) is 9.77. The molecule has 5 nitrogen and oxygen atoms in total. The Morgan fingerprint density at radius 2 is 1.83 bits per heavy atom. The molecule has 0 spiro atoms. The lowest BCUT2D eigenvalue weighted by molar-refractivity contribution is -0.125. The molecule has 0 aromatic heterocycles. The number of halogens is 1. The Kier molecular flexibility index (Phi) is 10.7. The fraction of sp³-hybridized carbons (Fsp3) is 0.556. The van der Waals surface area contributed by atoms with Crippen molar-refractivity contribution in [3.05, 3.63) is 35.4 Å². The van der Waals surface area contributed by atoms with Gasteiger partial charge in [0.15, 0.2) is 5.96 Å². The van der Waals surface area contributed by atoms with E-state index >= 15 is 0 Å². The molecule has 1 amide bonds. The van der Waals surface area contributed by atoms with Crippen LogP contribution >= 0.6 is 24.0 Å². The molecule has 0 aliphatic heterocycles. The van der Waals surface area contributed by atoms with E-state index in [1.54, 1.807) is 0 Å². The Morgan fingerprint density at radius 3 is 2.38 bits per heavy atom. The van der Waals surface area contributed by atoms with Gasteiger partial charge in [0.2, 0.25) is 5.91 Å². The lowest BCUT2D eigenvalue weighted by Crippen LogP contribution is -2.46. The number of nitrogens with zero attached hydrogens (tertiary/aromatic N) is 1. The molecular weight excluding hydrogens is 415 g/mol. The van der Waals surface area contributed by atoms with E-state index in [2.05, 4.69) is 53.7 Å². The van der Waals surface area contributed by atoms with E-state index in [1.807, 2.05) is 13.8 Å². The summed E-state index contributed by atoms with van der Waals surface area (Å²) >= 11 is 0. The van der Waals surface area contributed by atoms with Crippen LogP contribution in [0.1, 0.15) is 44.7 Å². The number of benzene rings is 1. The predicted molar refractivity (Wildman–Crippen MR) is 112 cm³/mol. The van der Waals surface area contributed by atoms with E-state index in [1.165, 1.54) is 5.56 Å². The van der Waals surface area contributed by atoms with Gasteiger partial charge in [0.25, 0.3) is 0 Å². The molecule has 1 aromatic carbocycles. The summed E-state index contributed by atoms with van der Waals surface area (Å²) in [6.07, 6.45) is 2.19. The molecule has 0 aliphatic carbocycles. The zero-order valence-corrected chi connectivity index (χ0v) is 17.5. The Balaban J connectivity index is 0.00000529. The molecule has 0 aliphatic rings. The maximum Gasteiger partial charge on any atom is 0.224 e. The van der Waals surface area contributed by atoms with Crippen LogP contribution in [0, 0.1) is 12.3 Å². The van der Waals surface area contributed by atoms with Gasteiger partial charge in [-0.3, -0.25) is 4.79 Å². The number of rotatable bonds is 8. The predicted octanol–water partition coefficient (Wildman–Crippen LogP) is 2.96. The van der Waals surface area contributed by atoms with Gasteiger partial charge in [-0.2, -0.15) is 0 Å². The number of aryl methyl sites for hydroxylation is 1. The topological polar surface area (TPSA) is 79.5 Å². The highest BCUT2D eigenvalue weighted by Gasteiger charge is 2.24. The Hall–Kier alpha value is -1.31. The van der Waals surface area contributed by atoms with Gasteiger partial charge >= 0.3 is 0 Å².